The average molecular weight is 208 g/mol. The molecule has 15 heavy (non-hydrogen) atoms. The first-order valence-electron chi connectivity index (χ1n) is 5.99. The first-order valence-corrected chi connectivity index (χ1v) is 5.99. The molecule has 0 heterocycles. The van der Waals surface area contributed by atoms with E-state index in [2.05, 4.69) is 13.8 Å². The van der Waals surface area contributed by atoms with Crippen molar-refractivity contribution >= 4 is 11.6 Å². The smallest absolute Gasteiger partial charge is 0.159 e. The maximum absolute atomic E-state index is 11.8. The summed E-state index contributed by atoms with van der Waals surface area (Å²) in [7, 11) is 0. The number of allylic oxidation sites excluding steroid dienone is 2. The van der Waals surface area contributed by atoms with E-state index in [0.717, 1.165) is 43.3 Å². The zero-order valence-corrected chi connectivity index (χ0v) is 9.77. The summed E-state index contributed by atoms with van der Waals surface area (Å²) in [5.41, 5.74) is 1.67. The zero-order chi connectivity index (χ0) is 11.3. The second-order valence-electron chi connectivity index (χ2n) is 4.16. The zero-order valence-electron chi connectivity index (χ0n) is 9.77. The fraction of sp³-hybridized carbons (Fsp3) is 0.692. The highest BCUT2D eigenvalue weighted by atomic mass is 16.1. The van der Waals surface area contributed by atoms with Crippen LogP contribution < -0.4 is 0 Å². The van der Waals surface area contributed by atoms with Crippen molar-refractivity contribution in [2.75, 3.05) is 0 Å². The van der Waals surface area contributed by atoms with Crippen molar-refractivity contribution < 1.29 is 9.59 Å². The van der Waals surface area contributed by atoms with Crippen molar-refractivity contribution in [2.24, 2.45) is 0 Å². The van der Waals surface area contributed by atoms with E-state index in [9.17, 15) is 9.59 Å². The Kier molecular flexibility index (Phi) is 4.73. The van der Waals surface area contributed by atoms with Gasteiger partial charge in [-0.15, -0.1) is 0 Å². The fourth-order valence-electron chi connectivity index (χ4n) is 2.13. The predicted octanol–water partition coefficient (Wildman–Crippen LogP) is 3.21. The Bertz CT molecular complexity index is 259. The van der Waals surface area contributed by atoms with E-state index < -0.39 is 0 Å². The van der Waals surface area contributed by atoms with Crippen molar-refractivity contribution in [3.63, 3.8) is 0 Å². The highest BCUT2D eigenvalue weighted by molar-refractivity contribution is 6.07. The van der Waals surface area contributed by atoms with E-state index in [1.165, 1.54) is 0 Å². The van der Waals surface area contributed by atoms with Crippen LogP contribution in [-0.2, 0) is 9.59 Å². The summed E-state index contributed by atoms with van der Waals surface area (Å²) in [5, 5.41) is 0. The van der Waals surface area contributed by atoms with Crippen LogP contribution in [0.3, 0.4) is 0 Å². The molecule has 0 saturated carbocycles. The van der Waals surface area contributed by atoms with E-state index in [1.54, 1.807) is 0 Å². The number of hydrogen-bond acceptors (Lipinski definition) is 2. The Morgan fingerprint density at radius 1 is 0.867 bits per heavy atom. The SMILES string of the molecule is CCCC1=C(CCC)C(=O)CCCC1=O. The minimum atomic E-state index is 0.214. The molecule has 1 rings (SSSR count). The molecule has 0 radical (unpaired) electrons. The summed E-state index contributed by atoms with van der Waals surface area (Å²) in [6.45, 7) is 4.11. The van der Waals surface area contributed by atoms with Crippen LogP contribution in [0.2, 0.25) is 0 Å². The summed E-state index contributed by atoms with van der Waals surface area (Å²) in [4.78, 5) is 23.6. The van der Waals surface area contributed by atoms with Gasteiger partial charge in [-0.25, -0.2) is 0 Å². The lowest BCUT2D eigenvalue weighted by Gasteiger charge is -2.08. The number of rotatable bonds is 4. The van der Waals surface area contributed by atoms with Crippen molar-refractivity contribution in [1.29, 1.82) is 0 Å². The van der Waals surface area contributed by atoms with Gasteiger partial charge in [0.15, 0.2) is 11.6 Å². The third kappa shape index (κ3) is 3.01. The van der Waals surface area contributed by atoms with Gasteiger partial charge in [-0.05, 0) is 19.3 Å². The minimum Gasteiger partial charge on any atom is -0.295 e. The second-order valence-corrected chi connectivity index (χ2v) is 4.16. The largest absolute Gasteiger partial charge is 0.295 e. The number of carbonyl (C=O) groups is 2. The number of ketones is 2. The van der Waals surface area contributed by atoms with Crippen molar-refractivity contribution in [3.05, 3.63) is 11.1 Å². The minimum absolute atomic E-state index is 0.214. The standard InChI is InChI=1S/C13H20O2/c1-3-6-10-11(7-4-2)13(15)9-5-8-12(10)14/h3-9H2,1-2H3. The second kappa shape index (κ2) is 5.84. The molecule has 0 unspecified atom stereocenters. The van der Waals surface area contributed by atoms with Crippen molar-refractivity contribution in [3.8, 4) is 0 Å². The van der Waals surface area contributed by atoms with E-state index in [-0.39, 0.29) is 11.6 Å². The molecule has 1 aliphatic rings. The van der Waals surface area contributed by atoms with Gasteiger partial charge in [0, 0.05) is 24.0 Å². The summed E-state index contributed by atoms with van der Waals surface area (Å²) in [6.07, 6.45) is 5.31. The Morgan fingerprint density at radius 2 is 1.27 bits per heavy atom. The fourth-order valence-corrected chi connectivity index (χ4v) is 2.13. The monoisotopic (exact) mass is 208 g/mol. The van der Waals surface area contributed by atoms with Gasteiger partial charge in [0.05, 0.1) is 0 Å². The predicted molar refractivity (Wildman–Crippen MR) is 60.7 cm³/mol. The maximum atomic E-state index is 11.8. The number of Topliss-reactive ketones (excluding diaryl/α,β-unsaturated/α-hetero) is 2. The van der Waals surface area contributed by atoms with E-state index in [1.807, 2.05) is 0 Å². The van der Waals surface area contributed by atoms with Crippen LogP contribution in [0.15, 0.2) is 11.1 Å². The van der Waals surface area contributed by atoms with E-state index >= 15 is 0 Å². The third-order valence-corrected chi connectivity index (χ3v) is 2.85. The Balaban J connectivity index is 3.02. The summed E-state index contributed by atoms with van der Waals surface area (Å²) in [6, 6.07) is 0. The number of carbonyl (C=O) groups excluding carboxylic acids is 2. The maximum Gasteiger partial charge on any atom is 0.159 e. The summed E-state index contributed by atoms with van der Waals surface area (Å²) in [5.74, 6) is 0.428. The molecule has 0 bridgehead atoms. The van der Waals surface area contributed by atoms with Crippen molar-refractivity contribution in [1.82, 2.24) is 0 Å². The molecule has 84 valence electrons. The molecule has 0 fully saturated rings. The molecule has 0 aromatic carbocycles. The van der Waals surface area contributed by atoms with Crippen LogP contribution in [0.4, 0.5) is 0 Å². The quantitative estimate of drug-likeness (QED) is 0.711. The third-order valence-electron chi connectivity index (χ3n) is 2.85. The summed E-state index contributed by atoms with van der Waals surface area (Å²) < 4.78 is 0. The van der Waals surface area contributed by atoms with Gasteiger partial charge in [-0.1, -0.05) is 26.7 Å². The molecule has 0 spiro atoms. The normalized spacial score (nSPS) is 18.3. The Labute approximate surface area is 91.7 Å². The highest BCUT2D eigenvalue weighted by Gasteiger charge is 2.22. The van der Waals surface area contributed by atoms with Gasteiger partial charge in [0.25, 0.3) is 0 Å². The van der Waals surface area contributed by atoms with Gasteiger partial charge in [-0.2, -0.15) is 0 Å². The molecular formula is C13H20O2. The van der Waals surface area contributed by atoms with Crippen LogP contribution >= 0.6 is 0 Å². The van der Waals surface area contributed by atoms with Crippen LogP contribution in [0, 0.1) is 0 Å². The van der Waals surface area contributed by atoms with Gasteiger partial charge in [0.2, 0.25) is 0 Å². The molecule has 0 saturated heterocycles. The van der Waals surface area contributed by atoms with Crippen LogP contribution in [0.1, 0.15) is 58.8 Å². The van der Waals surface area contributed by atoms with Crippen LogP contribution in [0.25, 0.3) is 0 Å². The topological polar surface area (TPSA) is 34.1 Å². The highest BCUT2D eigenvalue weighted by Crippen LogP contribution is 2.25. The van der Waals surface area contributed by atoms with E-state index in [4.69, 9.17) is 0 Å². The molecule has 0 N–H and O–H groups in total. The first kappa shape index (κ1) is 12.2. The average Bonchev–Trinajstić information content (AvgIpc) is 2.33. The van der Waals surface area contributed by atoms with E-state index in [0.29, 0.717) is 12.8 Å². The van der Waals surface area contributed by atoms with Crippen LogP contribution in [-0.4, -0.2) is 11.6 Å². The molecule has 0 aliphatic heterocycles. The molecule has 0 amide bonds. The lowest BCUT2D eigenvalue weighted by molar-refractivity contribution is -0.116. The molecule has 1 aliphatic carbocycles. The van der Waals surface area contributed by atoms with Gasteiger partial charge >= 0.3 is 0 Å². The van der Waals surface area contributed by atoms with Gasteiger partial charge < -0.3 is 0 Å². The first-order chi connectivity index (χ1) is 7.20. The lowest BCUT2D eigenvalue weighted by Crippen LogP contribution is -2.07. The van der Waals surface area contributed by atoms with Crippen LogP contribution in [0.5, 0.6) is 0 Å². The lowest BCUT2D eigenvalue weighted by atomic mass is 9.94. The number of hydrogen-bond donors (Lipinski definition) is 0. The molecule has 0 atom stereocenters. The summed E-state index contributed by atoms with van der Waals surface area (Å²) >= 11 is 0. The molecule has 2 heteroatoms. The molecule has 0 aromatic rings. The van der Waals surface area contributed by atoms with Crippen molar-refractivity contribution in [2.45, 2.75) is 58.8 Å². The molecule has 0 aromatic heterocycles. The Morgan fingerprint density at radius 3 is 1.60 bits per heavy atom. The van der Waals surface area contributed by atoms with Gasteiger partial charge in [-0.3, -0.25) is 9.59 Å². The van der Waals surface area contributed by atoms with Gasteiger partial charge in [0.1, 0.15) is 0 Å². The molecular weight excluding hydrogens is 188 g/mol. The molecule has 2 nitrogen and oxygen atoms in total. The Hall–Kier alpha value is -0.920.